The zero-order valence-corrected chi connectivity index (χ0v) is 14.2. The topological polar surface area (TPSA) is 49.8 Å². The van der Waals surface area contributed by atoms with Crippen molar-refractivity contribution in [1.29, 1.82) is 0 Å². The number of carbonyl (C=O) groups excluding carboxylic acids is 1. The van der Waals surface area contributed by atoms with Crippen LogP contribution in [0.3, 0.4) is 0 Å². The Morgan fingerprint density at radius 3 is 2.50 bits per heavy atom. The highest BCUT2D eigenvalue weighted by Crippen LogP contribution is 2.37. The summed E-state index contributed by atoms with van der Waals surface area (Å²) in [4.78, 5) is 14.6. The van der Waals surface area contributed by atoms with Crippen molar-refractivity contribution >= 4 is 5.97 Å². The van der Waals surface area contributed by atoms with Gasteiger partial charge in [0.15, 0.2) is 0 Å². The monoisotopic (exact) mass is 305 g/mol. The summed E-state index contributed by atoms with van der Waals surface area (Å²) in [6, 6.07) is 10.3. The van der Waals surface area contributed by atoms with E-state index in [4.69, 9.17) is 4.74 Å². The molecule has 0 bridgehead atoms. The van der Waals surface area contributed by atoms with Crippen LogP contribution < -0.4 is 0 Å². The number of carbonyl (C=O) groups is 1. The van der Waals surface area contributed by atoms with E-state index >= 15 is 0 Å². The maximum absolute atomic E-state index is 12.5. The molecule has 0 aromatic heterocycles. The third-order valence-electron chi connectivity index (χ3n) is 4.37. The lowest BCUT2D eigenvalue weighted by Gasteiger charge is -2.30. The second kappa shape index (κ2) is 6.01. The minimum atomic E-state index is -0.879. The molecule has 4 heteroatoms. The molecule has 0 saturated carbocycles. The lowest BCUT2D eigenvalue weighted by Crippen LogP contribution is -2.43. The average molecular weight is 305 g/mol. The molecule has 1 fully saturated rings. The van der Waals surface area contributed by atoms with Gasteiger partial charge in [0.25, 0.3) is 0 Å². The molecule has 0 radical (unpaired) electrons. The first-order valence-electron chi connectivity index (χ1n) is 7.84. The van der Waals surface area contributed by atoms with Crippen molar-refractivity contribution in [2.45, 2.75) is 52.4 Å². The number of hydrogen-bond acceptors (Lipinski definition) is 4. The zero-order valence-electron chi connectivity index (χ0n) is 14.2. The second-order valence-electron chi connectivity index (χ2n) is 7.45. The van der Waals surface area contributed by atoms with Gasteiger partial charge >= 0.3 is 5.97 Å². The number of aliphatic hydroxyl groups excluding tert-OH is 1. The van der Waals surface area contributed by atoms with Crippen LogP contribution in [0.2, 0.25) is 0 Å². The molecule has 1 aliphatic rings. The van der Waals surface area contributed by atoms with Crippen molar-refractivity contribution < 1.29 is 14.6 Å². The fraction of sp³-hybridized carbons (Fsp3) is 0.611. The molecule has 0 spiro atoms. The molecule has 22 heavy (non-hydrogen) atoms. The summed E-state index contributed by atoms with van der Waals surface area (Å²) in [5.41, 5.74) is -0.239. The van der Waals surface area contributed by atoms with Gasteiger partial charge in [0.05, 0.1) is 6.10 Å². The number of aliphatic hydroxyl groups is 1. The fourth-order valence-electron chi connectivity index (χ4n) is 2.85. The number of ether oxygens (including phenoxy) is 1. The normalized spacial score (nSPS) is 27.6. The summed E-state index contributed by atoms with van der Waals surface area (Å²) in [6.45, 7) is 10.4. The molecule has 1 heterocycles. The third kappa shape index (κ3) is 3.50. The van der Waals surface area contributed by atoms with Crippen LogP contribution in [0, 0.1) is 5.41 Å². The number of nitrogens with zero attached hydrogens (tertiary/aromatic N) is 1. The molecule has 2 rings (SSSR count). The van der Waals surface area contributed by atoms with E-state index in [2.05, 4.69) is 24.0 Å². The highest BCUT2D eigenvalue weighted by Gasteiger charge is 2.51. The fourth-order valence-corrected chi connectivity index (χ4v) is 2.85. The van der Waals surface area contributed by atoms with Gasteiger partial charge < -0.3 is 9.84 Å². The zero-order chi connectivity index (χ0) is 16.5. The molecule has 1 N–H and O–H groups in total. The van der Waals surface area contributed by atoms with Crippen LogP contribution in [-0.4, -0.2) is 40.8 Å². The van der Waals surface area contributed by atoms with E-state index in [1.165, 1.54) is 5.56 Å². The summed E-state index contributed by atoms with van der Waals surface area (Å²) in [7, 11) is 0. The van der Waals surface area contributed by atoms with Gasteiger partial charge in [-0.2, -0.15) is 0 Å². The smallest absolute Gasteiger partial charge is 0.316 e. The van der Waals surface area contributed by atoms with Crippen molar-refractivity contribution in [3.63, 3.8) is 0 Å². The first-order chi connectivity index (χ1) is 10.1. The molecule has 0 aliphatic carbocycles. The van der Waals surface area contributed by atoms with E-state index in [9.17, 15) is 9.90 Å². The summed E-state index contributed by atoms with van der Waals surface area (Å²) < 4.78 is 5.50. The van der Waals surface area contributed by atoms with E-state index in [-0.39, 0.29) is 12.0 Å². The van der Waals surface area contributed by atoms with Crippen LogP contribution in [0.5, 0.6) is 0 Å². The Bertz CT molecular complexity index is 523. The van der Waals surface area contributed by atoms with E-state index in [1.807, 2.05) is 39.0 Å². The second-order valence-corrected chi connectivity index (χ2v) is 7.45. The Kier molecular flexibility index (Phi) is 4.64. The number of likely N-dealkylation sites (tertiary alicyclic amines) is 1. The van der Waals surface area contributed by atoms with Crippen LogP contribution in [0.1, 0.15) is 46.2 Å². The van der Waals surface area contributed by atoms with E-state index in [1.54, 1.807) is 6.92 Å². The van der Waals surface area contributed by atoms with Gasteiger partial charge in [-0.1, -0.05) is 30.3 Å². The lowest BCUT2D eigenvalue weighted by atomic mass is 9.87. The molecule has 122 valence electrons. The minimum absolute atomic E-state index is 0.153. The van der Waals surface area contributed by atoms with E-state index in [0.717, 1.165) is 0 Å². The lowest BCUT2D eigenvalue weighted by molar-refractivity contribution is -0.170. The molecular formula is C18H27NO3. The molecule has 0 amide bonds. The first kappa shape index (κ1) is 17.0. The van der Waals surface area contributed by atoms with Crippen molar-refractivity contribution in [2.75, 3.05) is 13.1 Å². The van der Waals surface area contributed by atoms with Crippen molar-refractivity contribution in [2.24, 2.45) is 5.41 Å². The SMILES string of the molecule is C[C@H](c1ccccc1)N1CC(O)[C@@](C)(C(=O)OC(C)(C)C)C1. The molecule has 1 saturated heterocycles. The van der Waals surface area contributed by atoms with Crippen LogP contribution in [0.15, 0.2) is 30.3 Å². The molecule has 1 aromatic rings. The number of β-amino-alcohol motifs (C(OH)–C–C–N with tert-alkyl or cyclic N) is 1. The summed E-state index contributed by atoms with van der Waals surface area (Å²) in [5.74, 6) is -0.324. The molecule has 3 atom stereocenters. The standard InChI is InChI=1S/C18H27NO3/c1-13(14-9-7-6-8-10-14)19-11-15(20)18(5,12-19)16(21)22-17(2,3)4/h6-10,13,15,20H,11-12H2,1-5H3/t13-,15?,18+/m1/s1. The van der Waals surface area contributed by atoms with Crippen LogP contribution >= 0.6 is 0 Å². The highest BCUT2D eigenvalue weighted by atomic mass is 16.6. The molecule has 1 aliphatic heterocycles. The molecule has 1 unspecified atom stereocenters. The maximum Gasteiger partial charge on any atom is 0.316 e. The Hall–Kier alpha value is -1.39. The first-order valence-corrected chi connectivity index (χ1v) is 7.84. The van der Waals surface area contributed by atoms with Gasteiger partial charge in [-0.25, -0.2) is 0 Å². The van der Waals surface area contributed by atoms with Gasteiger partial charge in [0.2, 0.25) is 0 Å². The van der Waals surface area contributed by atoms with E-state index < -0.39 is 17.1 Å². The number of hydrogen-bond donors (Lipinski definition) is 1. The summed E-state index contributed by atoms with van der Waals surface area (Å²) in [5, 5.41) is 10.4. The summed E-state index contributed by atoms with van der Waals surface area (Å²) >= 11 is 0. The predicted molar refractivity (Wildman–Crippen MR) is 86.4 cm³/mol. The van der Waals surface area contributed by atoms with Gasteiger partial charge in [-0.05, 0) is 40.2 Å². The van der Waals surface area contributed by atoms with Gasteiger partial charge in [0, 0.05) is 19.1 Å². The van der Waals surface area contributed by atoms with Gasteiger partial charge in [0.1, 0.15) is 11.0 Å². The molecular weight excluding hydrogens is 278 g/mol. The Labute approximate surface area is 133 Å². The Balaban J connectivity index is 2.13. The van der Waals surface area contributed by atoms with Crippen molar-refractivity contribution in [1.82, 2.24) is 4.90 Å². The van der Waals surface area contributed by atoms with Crippen molar-refractivity contribution in [3.05, 3.63) is 35.9 Å². The minimum Gasteiger partial charge on any atom is -0.459 e. The largest absolute Gasteiger partial charge is 0.459 e. The van der Waals surface area contributed by atoms with Crippen molar-refractivity contribution in [3.8, 4) is 0 Å². The predicted octanol–water partition coefficient (Wildman–Crippen LogP) is 2.77. The van der Waals surface area contributed by atoms with E-state index in [0.29, 0.717) is 13.1 Å². The van der Waals surface area contributed by atoms with Gasteiger partial charge in [-0.15, -0.1) is 0 Å². The maximum atomic E-state index is 12.5. The molecule has 4 nitrogen and oxygen atoms in total. The third-order valence-corrected chi connectivity index (χ3v) is 4.37. The number of esters is 1. The Morgan fingerprint density at radius 1 is 1.36 bits per heavy atom. The number of rotatable bonds is 3. The Morgan fingerprint density at radius 2 is 1.95 bits per heavy atom. The average Bonchev–Trinajstić information content (AvgIpc) is 2.74. The van der Waals surface area contributed by atoms with Crippen LogP contribution in [-0.2, 0) is 9.53 Å². The van der Waals surface area contributed by atoms with Crippen LogP contribution in [0.25, 0.3) is 0 Å². The molecule has 1 aromatic carbocycles. The highest BCUT2D eigenvalue weighted by molar-refractivity contribution is 5.78. The van der Waals surface area contributed by atoms with Gasteiger partial charge in [-0.3, -0.25) is 9.69 Å². The number of benzene rings is 1. The van der Waals surface area contributed by atoms with Crippen LogP contribution in [0.4, 0.5) is 0 Å². The summed E-state index contributed by atoms with van der Waals surface area (Å²) in [6.07, 6.45) is -0.714. The quantitative estimate of drug-likeness (QED) is 0.873.